The number of anilines is 1. The standard InChI is InChI=1S/C10H9N5S/c1-2-4-15-8(5-11-9(15)3-1)6-12-10-14-13-7-16-10/h1-5,7H,6H2,(H,12,14). The Bertz CT molecular complexity index is 586. The van der Waals surface area contributed by atoms with Crippen LogP contribution in [-0.2, 0) is 6.54 Å². The smallest absolute Gasteiger partial charge is 0.205 e. The summed E-state index contributed by atoms with van der Waals surface area (Å²) < 4.78 is 2.05. The van der Waals surface area contributed by atoms with Crippen LogP contribution in [0.2, 0.25) is 0 Å². The summed E-state index contributed by atoms with van der Waals surface area (Å²) in [6, 6.07) is 5.95. The van der Waals surface area contributed by atoms with Crippen LogP contribution in [0.15, 0.2) is 36.1 Å². The molecule has 5 nitrogen and oxygen atoms in total. The molecule has 0 aliphatic carbocycles. The molecule has 0 aliphatic rings. The van der Waals surface area contributed by atoms with Crippen LogP contribution in [0, 0.1) is 0 Å². The van der Waals surface area contributed by atoms with E-state index >= 15 is 0 Å². The zero-order valence-electron chi connectivity index (χ0n) is 8.37. The molecule has 0 saturated heterocycles. The maximum atomic E-state index is 4.31. The van der Waals surface area contributed by atoms with Gasteiger partial charge < -0.3 is 9.72 Å². The molecule has 3 aromatic rings. The van der Waals surface area contributed by atoms with E-state index in [1.165, 1.54) is 11.3 Å². The maximum Gasteiger partial charge on any atom is 0.205 e. The fraction of sp³-hybridized carbons (Fsp3) is 0.100. The number of pyridine rings is 1. The first-order chi connectivity index (χ1) is 7.93. The zero-order valence-corrected chi connectivity index (χ0v) is 9.18. The van der Waals surface area contributed by atoms with Gasteiger partial charge in [-0.05, 0) is 12.1 Å². The van der Waals surface area contributed by atoms with Crippen molar-refractivity contribution in [2.24, 2.45) is 0 Å². The summed E-state index contributed by atoms with van der Waals surface area (Å²) in [4.78, 5) is 4.31. The van der Waals surface area contributed by atoms with Crippen molar-refractivity contribution in [3.05, 3.63) is 41.8 Å². The van der Waals surface area contributed by atoms with Crippen molar-refractivity contribution in [1.29, 1.82) is 0 Å². The minimum Gasteiger partial charge on any atom is -0.354 e. The molecule has 0 spiro atoms. The van der Waals surface area contributed by atoms with Gasteiger partial charge in [-0.15, -0.1) is 10.2 Å². The van der Waals surface area contributed by atoms with E-state index in [1.54, 1.807) is 5.51 Å². The van der Waals surface area contributed by atoms with Gasteiger partial charge in [0.25, 0.3) is 0 Å². The van der Waals surface area contributed by atoms with Crippen molar-refractivity contribution in [3.63, 3.8) is 0 Å². The second kappa shape index (κ2) is 3.90. The summed E-state index contributed by atoms with van der Waals surface area (Å²) in [6.07, 6.45) is 3.86. The van der Waals surface area contributed by atoms with Crippen molar-refractivity contribution in [1.82, 2.24) is 19.6 Å². The molecule has 3 heterocycles. The lowest BCUT2D eigenvalue weighted by Crippen LogP contribution is -2.02. The highest BCUT2D eigenvalue weighted by atomic mass is 32.1. The first-order valence-electron chi connectivity index (χ1n) is 4.84. The molecule has 0 fully saturated rings. The summed E-state index contributed by atoms with van der Waals surface area (Å²) in [6.45, 7) is 0.695. The number of nitrogens with one attached hydrogen (secondary N) is 1. The maximum absolute atomic E-state index is 4.31. The van der Waals surface area contributed by atoms with Crippen LogP contribution in [0.25, 0.3) is 5.65 Å². The van der Waals surface area contributed by atoms with E-state index in [-0.39, 0.29) is 0 Å². The predicted molar refractivity (Wildman–Crippen MR) is 62.4 cm³/mol. The van der Waals surface area contributed by atoms with Gasteiger partial charge in [0.05, 0.1) is 18.4 Å². The van der Waals surface area contributed by atoms with Crippen LogP contribution in [0.4, 0.5) is 5.13 Å². The summed E-state index contributed by atoms with van der Waals surface area (Å²) in [7, 11) is 0. The van der Waals surface area contributed by atoms with Crippen LogP contribution in [0.5, 0.6) is 0 Å². The Morgan fingerprint density at radius 3 is 3.25 bits per heavy atom. The first kappa shape index (κ1) is 9.29. The van der Waals surface area contributed by atoms with Crippen LogP contribution in [0.3, 0.4) is 0 Å². The Balaban J connectivity index is 1.84. The van der Waals surface area contributed by atoms with Gasteiger partial charge in [0.2, 0.25) is 5.13 Å². The van der Waals surface area contributed by atoms with Gasteiger partial charge in [0.1, 0.15) is 11.2 Å². The number of aromatic nitrogens is 4. The van der Waals surface area contributed by atoms with Gasteiger partial charge in [-0.25, -0.2) is 4.98 Å². The predicted octanol–water partition coefficient (Wildman–Crippen LogP) is 1.80. The van der Waals surface area contributed by atoms with Crippen molar-refractivity contribution < 1.29 is 0 Å². The average Bonchev–Trinajstić information content (AvgIpc) is 2.96. The lowest BCUT2D eigenvalue weighted by atomic mass is 10.4. The van der Waals surface area contributed by atoms with E-state index in [9.17, 15) is 0 Å². The average molecular weight is 231 g/mol. The quantitative estimate of drug-likeness (QED) is 0.746. The van der Waals surface area contributed by atoms with E-state index in [4.69, 9.17) is 0 Å². The van der Waals surface area contributed by atoms with Crippen molar-refractivity contribution in [2.75, 3.05) is 5.32 Å². The second-order valence-electron chi connectivity index (χ2n) is 3.28. The van der Waals surface area contributed by atoms with E-state index in [2.05, 4.69) is 20.5 Å². The van der Waals surface area contributed by atoms with Crippen LogP contribution < -0.4 is 5.32 Å². The molecule has 0 amide bonds. The fourth-order valence-electron chi connectivity index (χ4n) is 1.53. The highest BCUT2D eigenvalue weighted by Crippen LogP contribution is 2.11. The molecule has 3 aromatic heterocycles. The molecule has 0 aliphatic heterocycles. The third-order valence-electron chi connectivity index (χ3n) is 2.27. The Hall–Kier alpha value is -1.95. The number of rotatable bonds is 3. The van der Waals surface area contributed by atoms with Gasteiger partial charge in [-0.3, -0.25) is 0 Å². The summed E-state index contributed by atoms with van der Waals surface area (Å²) in [5, 5.41) is 11.7. The van der Waals surface area contributed by atoms with Gasteiger partial charge in [-0.1, -0.05) is 17.4 Å². The van der Waals surface area contributed by atoms with Gasteiger partial charge >= 0.3 is 0 Å². The van der Waals surface area contributed by atoms with Gasteiger partial charge in [-0.2, -0.15) is 0 Å². The Kier molecular flexibility index (Phi) is 2.26. The van der Waals surface area contributed by atoms with Crippen LogP contribution >= 0.6 is 11.3 Å². The minimum atomic E-state index is 0.695. The molecular weight excluding hydrogens is 222 g/mol. The molecule has 3 rings (SSSR count). The summed E-state index contributed by atoms with van der Waals surface area (Å²) in [5.74, 6) is 0. The normalized spacial score (nSPS) is 10.8. The molecule has 0 atom stereocenters. The zero-order chi connectivity index (χ0) is 10.8. The topological polar surface area (TPSA) is 55.1 Å². The molecule has 0 unspecified atom stereocenters. The monoisotopic (exact) mass is 231 g/mol. The van der Waals surface area contributed by atoms with Gasteiger partial charge in [0.15, 0.2) is 0 Å². The molecule has 6 heteroatoms. The van der Waals surface area contributed by atoms with E-state index in [0.717, 1.165) is 16.5 Å². The fourth-order valence-corrected chi connectivity index (χ4v) is 1.98. The third kappa shape index (κ3) is 1.63. The van der Waals surface area contributed by atoms with Gasteiger partial charge in [0, 0.05) is 6.20 Å². The molecule has 16 heavy (non-hydrogen) atoms. The molecule has 1 N–H and O–H groups in total. The molecule has 0 radical (unpaired) electrons. The van der Waals surface area contributed by atoms with E-state index in [1.807, 2.05) is 35.0 Å². The third-order valence-corrected chi connectivity index (χ3v) is 2.92. The largest absolute Gasteiger partial charge is 0.354 e. The Morgan fingerprint density at radius 1 is 1.38 bits per heavy atom. The molecule has 0 bridgehead atoms. The lowest BCUT2D eigenvalue weighted by Gasteiger charge is -2.01. The summed E-state index contributed by atoms with van der Waals surface area (Å²) >= 11 is 1.49. The SMILES string of the molecule is c1ccn2c(CNc3nncs3)cnc2c1. The molecule has 0 aromatic carbocycles. The van der Waals surface area contributed by atoms with Crippen molar-refractivity contribution >= 4 is 22.1 Å². The number of fused-ring (bicyclic) bond motifs is 1. The highest BCUT2D eigenvalue weighted by molar-refractivity contribution is 7.13. The van der Waals surface area contributed by atoms with E-state index in [0.29, 0.717) is 6.54 Å². The Labute approximate surface area is 95.8 Å². The molecule has 0 saturated carbocycles. The number of hydrogen-bond donors (Lipinski definition) is 1. The first-order valence-corrected chi connectivity index (χ1v) is 5.72. The van der Waals surface area contributed by atoms with Crippen molar-refractivity contribution in [3.8, 4) is 0 Å². The number of imidazole rings is 1. The van der Waals surface area contributed by atoms with Crippen molar-refractivity contribution in [2.45, 2.75) is 6.54 Å². The second-order valence-corrected chi connectivity index (χ2v) is 4.11. The highest BCUT2D eigenvalue weighted by Gasteiger charge is 2.02. The number of hydrogen-bond acceptors (Lipinski definition) is 5. The Morgan fingerprint density at radius 2 is 2.38 bits per heavy atom. The van der Waals surface area contributed by atoms with Crippen LogP contribution in [-0.4, -0.2) is 19.6 Å². The summed E-state index contributed by atoms with van der Waals surface area (Å²) in [5.41, 5.74) is 3.76. The number of nitrogens with zero attached hydrogens (tertiary/aromatic N) is 4. The van der Waals surface area contributed by atoms with E-state index < -0.39 is 0 Å². The molecule has 80 valence electrons. The molecular formula is C10H9N5S. The minimum absolute atomic E-state index is 0.695. The lowest BCUT2D eigenvalue weighted by molar-refractivity contribution is 0.985. The van der Waals surface area contributed by atoms with Crippen LogP contribution in [0.1, 0.15) is 5.69 Å².